The fourth-order valence-corrected chi connectivity index (χ4v) is 4.34. The molecule has 2 aromatic carbocycles. The third-order valence-electron chi connectivity index (χ3n) is 4.54. The van der Waals surface area contributed by atoms with Crippen molar-refractivity contribution in [2.24, 2.45) is 0 Å². The molecule has 2 atom stereocenters. The molecule has 2 aromatic rings. The zero-order valence-corrected chi connectivity index (χ0v) is 17.2. The van der Waals surface area contributed by atoms with Gasteiger partial charge < -0.3 is 5.32 Å². The van der Waals surface area contributed by atoms with E-state index in [0.717, 1.165) is 23.8 Å². The Bertz CT molecular complexity index is 849. The van der Waals surface area contributed by atoms with Gasteiger partial charge in [-0.05, 0) is 37.5 Å². The van der Waals surface area contributed by atoms with E-state index in [1.807, 2.05) is 63.2 Å². The second-order valence-electron chi connectivity index (χ2n) is 6.70. The largest absolute Gasteiger partial charge is 0.347 e. The summed E-state index contributed by atoms with van der Waals surface area (Å²) in [5.41, 5.74) is 2.53. The van der Waals surface area contributed by atoms with E-state index >= 15 is 0 Å². The predicted molar refractivity (Wildman–Crippen MR) is 110 cm³/mol. The van der Waals surface area contributed by atoms with E-state index in [2.05, 4.69) is 5.32 Å². The van der Waals surface area contributed by atoms with Crippen LogP contribution in [-0.4, -0.2) is 26.6 Å². The Morgan fingerprint density at radius 3 is 2.07 bits per heavy atom. The van der Waals surface area contributed by atoms with Crippen molar-refractivity contribution in [3.8, 4) is 0 Å². The molecule has 0 unspecified atom stereocenters. The SMILES string of the molecule is CC[C@@H](NC(=O)[C@H](CC)N(c1ccc(C)cc1)S(C)(=O)=O)c1ccccc1. The van der Waals surface area contributed by atoms with Crippen molar-refractivity contribution >= 4 is 21.6 Å². The highest BCUT2D eigenvalue weighted by molar-refractivity contribution is 7.92. The quantitative estimate of drug-likeness (QED) is 0.748. The first kappa shape index (κ1) is 21.0. The van der Waals surface area contributed by atoms with Gasteiger partial charge in [0.05, 0.1) is 18.0 Å². The number of hydrogen-bond acceptors (Lipinski definition) is 3. The minimum atomic E-state index is -3.62. The van der Waals surface area contributed by atoms with Gasteiger partial charge in [-0.15, -0.1) is 0 Å². The lowest BCUT2D eigenvalue weighted by Gasteiger charge is -2.31. The molecule has 0 fully saturated rings. The predicted octanol–water partition coefficient (Wildman–Crippen LogP) is 3.81. The lowest BCUT2D eigenvalue weighted by atomic mass is 10.0. The summed E-state index contributed by atoms with van der Waals surface area (Å²) in [6, 6.07) is 15.9. The number of amides is 1. The molecule has 2 rings (SSSR count). The molecule has 0 heterocycles. The Labute approximate surface area is 162 Å². The smallest absolute Gasteiger partial charge is 0.244 e. The molecule has 0 spiro atoms. The van der Waals surface area contributed by atoms with Crippen molar-refractivity contribution in [2.75, 3.05) is 10.6 Å². The molecule has 27 heavy (non-hydrogen) atoms. The highest BCUT2D eigenvalue weighted by atomic mass is 32.2. The molecule has 1 amide bonds. The van der Waals surface area contributed by atoms with E-state index in [1.54, 1.807) is 12.1 Å². The lowest BCUT2D eigenvalue weighted by Crippen LogP contribution is -2.50. The second-order valence-corrected chi connectivity index (χ2v) is 8.56. The van der Waals surface area contributed by atoms with Gasteiger partial charge in [0.15, 0.2) is 0 Å². The van der Waals surface area contributed by atoms with Crippen LogP contribution in [0.25, 0.3) is 0 Å². The van der Waals surface area contributed by atoms with E-state index in [9.17, 15) is 13.2 Å². The van der Waals surface area contributed by atoms with Crippen molar-refractivity contribution in [3.05, 3.63) is 65.7 Å². The first-order valence-corrected chi connectivity index (χ1v) is 11.0. The molecule has 146 valence electrons. The number of nitrogens with one attached hydrogen (secondary N) is 1. The summed E-state index contributed by atoms with van der Waals surface area (Å²) in [4.78, 5) is 13.0. The van der Waals surface area contributed by atoms with E-state index in [0.29, 0.717) is 12.1 Å². The monoisotopic (exact) mass is 388 g/mol. The van der Waals surface area contributed by atoms with Gasteiger partial charge >= 0.3 is 0 Å². The number of carbonyl (C=O) groups is 1. The number of hydrogen-bond donors (Lipinski definition) is 1. The molecule has 0 saturated carbocycles. The zero-order chi connectivity index (χ0) is 20.0. The van der Waals surface area contributed by atoms with E-state index in [1.165, 1.54) is 4.31 Å². The van der Waals surface area contributed by atoms with Gasteiger partial charge in [0.1, 0.15) is 6.04 Å². The molecule has 0 bridgehead atoms. The summed E-state index contributed by atoms with van der Waals surface area (Å²) < 4.78 is 26.2. The van der Waals surface area contributed by atoms with E-state index < -0.39 is 16.1 Å². The first-order chi connectivity index (χ1) is 12.8. The van der Waals surface area contributed by atoms with Crippen LogP contribution in [0.2, 0.25) is 0 Å². The fourth-order valence-electron chi connectivity index (χ4n) is 3.13. The summed E-state index contributed by atoms with van der Waals surface area (Å²) in [5, 5.41) is 3.02. The Morgan fingerprint density at radius 2 is 1.59 bits per heavy atom. The van der Waals surface area contributed by atoms with Gasteiger partial charge in [-0.1, -0.05) is 61.9 Å². The second kappa shape index (κ2) is 9.04. The molecule has 0 aliphatic carbocycles. The number of anilines is 1. The van der Waals surface area contributed by atoms with Crippen LogP contribution >= 0.6 is 0 Å². The van der Waals surface area contributed by atoms with Crippen LogP contribution in [0, 0.1) is 6.92 Å². The zero-order valence-electron chi connectivity index (χ0n) is 16.3. The van der Waals surface area contributed by atoms with E-state index in [-0.39, 0.29) is 11.9 Å². The molecular weight excluding hydrogens is 360 g/mol. The lowest BCUT2D eigenvalue weighted by molar-refractivity contribution is -0.123. The number of rotatable bonds is 8. The topological polar surface area (TPSA) is 66.5 Å². The summed E-state index contributed by atoms with van der Waals surface area (Å²) in [6.45, 7) is 5.75. The maximum atomic E-state index is 13.0. The van der Waals surface area contributed by atoms with Gasteiger partial charge in [-0.3, -0.25) is 9.10 Å². The maximum absolute atomic E-state index is 13.0. The molecule has 0 aliphatic heterocycles. The number of carbonyl (C=O) groups excluding carboxylic acids is 1. The average molecular weight is 389 g/mol. The molecule has 5 nitrogen and oxygen atoms in total. The fraction of sp³-hybridized carbons (Fsp3) is 0.381. The van der Waals surface area contributed by atoms with Crippen molar-refractivity contribution in [1.29, 1.82) is 0 Å². The van der Waals surface area contributed by atoms with Crippen LogP contribution in [0.3, 0.4) is 0 Å². The van der Waals surface area contributed by atoms with Gasteiger partial charge in [-0.25, -0.2) is 8.42 Å². The summed E-state index contributed by atoms with van der Waals surface area (Å²) in [5.74, 6) is -0.292. The van der Waals surface area contributed by atoms with Crippen molar-refractivity contribution in [2.45, 2.75) is 45.7 Å². The number of nitrogens with zero attached hydrogens (tertiary/aromatic N) is 1. The Kier molecular flexibility index (Phi) is 7.02. The molecular formula is C21H28N2O3S. The van der Waals surface area contributed by atoms with Crippen molar-refractivity contribution in [1.82, 2.24) is 5.32 Å². The summed E-state index contributed by atoms with van der Waals surface area (Å²) >= 11 is 0. The minimum Gasteiger partial charge on any atom is -0.347 e. The molecule has 0 aliphatic rings. The normalized spacial score (nSPS) is 13.6. The number of benzene rings is 2. The number of aryl methyl sites for hydroxylation is 1. The Balaban J connectivity index is 2.32. The van der Waals surface area contributed by atoms with Crippen LogP contribution in [0.4, 0.5) is 5.69 Å². The standard InChI is InChI=1S/C21H28N2O3S/c1-5-19(17-10-8-7-9-11-17)22-21(24)20(6-2)23(27(4,25)26)18-14-12-16(3)13-15-18/h7-15,19-20H,5-6H2,1-4H3,(H,22,24)/t19-,20+/m1/s1. The van der Waals surface area contributed by atoms with Crippen LogP contribution in [0.15, 0.2) is 54.6 Å². The Hall–Kier alpha value is -2.34. The van der Waals surface area contributed by atoms with Gasteiger partial charge in [-0.2, -0.15) is 0 Å². The summed E-state index contributed by atoms with van der Waals surface area (Å²) in [7, 11) is -3.62. The summed E-state index contributed by atoms with van der Waals surface area (Å²) in [6.07, 6.45) is 2.23. The average Bonchev–Trinajstić information content (AvgIpc) is 2.64. The highest BCUT2D eigenvalue weighted by Crippen LogP contribution is 2.24. The molecule has 1 N–H and O–H groups in total. The molecule has 0 radical (unpaired) electrons. The third-order valence-corrected chi connectivity index (χ3v) is 5.72. The van der Waals surface area contributed by atoms with Crippen LogP contribution in [0.5, 0.6) is 0 Å². The molecule has 0 aromatic heterocycles. The van der Waals surface area contributed by atoms with Crippen molar-refractivity contribution < 1.29 is 13.2 Å². The number of sulfonamides is 1. The third kappa shape index (κ3) is 5.32. The minimum absolute atomic E-state index is 0.160. The first-order valence-electron chi connectivity index (χ1n) is 9.19. The maximum Gasteiger partial charge on any atom is 0.244 e. The van der Waals surface area contributed by atoms with Gasteiger partial charge in [0.25, 0.3) is 0 Å². The highest BCUT2D eigenvalue weighted by Gasteiger charge is 2.32. The Morgan fingerprint density at radius 1 is 1.00 bits per heavy atom. The van der Waals surface area contributed by atoms with Crippen LogP contribution < -0.4 is 9.62 Å². The van der Waals surface area contributed by atoms with Gasteiger partial charge in [0.2, 0.25) is 15.9 Å². The van der Waals surface area contributed by atoms with Crippen molar-refractivity contribution in [3.63, 3.8) is 0 Å². The molecule has 0 saturated heterocycles. The molecule has 6 heteroatoms. The van der Waals surface area contributed by atoms with Crippen LogP contribution in [0.1, 0.15) is 43.9 Å². The van der Waals surface area contributed by atoms with Crippen LogP contribution in [-0.2, 0) is 14.8 Å². The van der Waals surface area contributed by atoms with Gasteiger partial charge in [0, 0.05) is 0 Å². The van der Waals surface area contributed by atoms with E-state index in [4.69, 9.17) is 0 Å².